The minimum absolute atomic E-state index is 0.0403. The Morgan fingerprint density at radius 1 is 1.17 bits per heavy atom. The molecule has 0 bridgehead atoms. The lowest BCUT2D eigenvalue weighted by molar-refractivity contribution is 0.0448. The average Bonchev–Trinajstić information content (AvgIpc) is 2.52. The fraction of sp³-hybridized carbons (Fsp3) is 0.188. The molecular weight excluding hydrogens is 359 g/mol. The fourth-order valence-corrected chi connectivity index (χ4v) is 2.66. The maximum Gasteiger partial charge on any atom is 0.339 e. The van der Waals surface area contributed by atoms with Gasteiger partial charge in [0.2, 0.25) is 0 Å². The number of ether oxygens (including phenoxy) is 2. The van der Waals surface area contributed by atoms with Crippen LogP contribution in [0, 0.1) is 5.82 Å². The van der Waals surface area contributed by atoms with Crippen LogP contribution in [0.15, 0.2) is 47.4 Å². The predicted molar refractivity (Wildman–Crippen MR) is 86.7 cm³/mol. The van der Waals surface area contributed by atoms with Crippen LogP contribution >= 0.6 is 11.6 Å². The molecular formula is C16H14ClFO5S. The van der Waals surface area contributed by atoms with Crippen LogP contribution in [0.2, 0.25) is 5.02 Å². The van der Waals surface area contributed by atoms with Crippen molar-refractivity contribution in [3.8, 4) is 5.75 Å². The van der Waals surface area contributed by atoms with Gasteiger partial charge >= 0.3 is 5.97 Å². The number of sulfone groups is 1. The van der Waals surface area contributed by atoms with Crippen LogP contribution in [-0.4, -0.2) is 33.9 Å². The summed E-state index contributed by atoms with van der Waals surface area (Å²) in [7, 11) is -3.47. The fourth-order valence-electron chi connectivity index (χ4n) is 1.82. The maximum absolute atomic E-state index is 13.3. The first kappa shape index (κ1) is 18.2. The number of esters is 1. The third kappa shape index (κ3) is 4.69. The van der Waals surface area contributed by atoms with E-state index in [9.17, 15) is 17.6 Å². The van der Waals surface area contributed by atoms with Crippen molar-refractivity contribution in [2.75, 3.05) is 19.5 Å². The molecule has 0 fully saturated rings. The summed E-state index contributed by atoms with van der Waals surface area (Å²) in [5, 5.41) is 0.0717. The van der Waals surface area contributed by atoms with Crippen LogP contribution < -0.4 is 4.74 Å². The van der Waals surface area contributed by atoms with Crippen LogP contribution in [0.1, 0.15) is 10.4 Å². The monoisotopic (exact) mass is 372 g/mol. The van der Waals surface area contributed by atoms with Crippen molar-refractivity contribution in [2.24, 2.45) is 0 Å². The Morgan fingerprint density at radius 3 is 2.54 bits per heavy atom. The molecule has 0 aliphatic carbocycles. The summed E-state index contributed by atoms with van der Waals surface area (Å²) in [6, 6.07) is 9.60. The van der Waals surface area contributed by atoms with Gasteiger partial charge in [-0.25, -0.2) is 17.6 Å². The first-order valence-corrected chi connectivity index (χ1v) is 9.10. The molecule has 0 atom stereocenters. The van der Waals surface area contributed by atoms with Crippen molar-refractivity contribution in [1.29, 1.82) is 0 Å². The number of carbonyl (C=O) groups is 1. The molecule has 24 heavy (non-hydrogen) atoms. The molecule has 0 radical (unpaired) electrons. The van der Waals surface area contributed by atoms with Gasteiger partial charge in [-0.3, -0.25) is 0 Å². The second-order valence-electron chi connectivity index (χ2n) is 4.83. The molecule has 5 nitrogen and oxygen atoms in total. The van der Waals surface area contributed by atoms with E-state index in [2.05, 4.69) is 0 Å². The van der Waals surface area contributed by atoms with Gasteiger partial charge in [0.1, 0.15) is 13.2 Å². The van der Waals surface area contributed by atoms with Crippen molar-refractivity contribution < 1.29 is 27.1 Å². The highest BCUT2D eigenvalue weighted by Gasteiger charge is 2.16. The van der Waals surface area contributed by atoms with Crippen molar-refractivity contribution in [3.05, 3.63) is 58.9 Å². The zero-order chi connectivity index (χ0) is 17.7. The van der Waals surface area contributed by atoms with Gasteiger partial charge in [-0.15, -0.1) is 0 Å². The summed E-state index contributed by atoms with van der Waals surface area (Å²) in [6.45, 7) is -0.206. The predicted octanol–water partition coefficient (Wildman–Crippen LogP) is 3.12. The highest BCUT2D eigenvalue weighted by atomic mass is 35.5. The van der Waals surface area contributed by atoms with E-state index in [4.69, 9.17) is 21.1 Å². The quantitative estimate of drug-likeness (QED) is 0.575. The van der Waals surface area contributed by atoms with Gasteiger partial charge in [0, 0.05) is 6.26 Å². The van der Waals surface area contributed by atoms with Crippen LogP contribution in [0.3, 0.4) is 0 Å². The molecule has 0 saturated heterocycles. The number of carbonyl (C=O) groups excluding carboxylic acids is 1. The third-order valence-electron chi connectivity index (χ3n) is 3.00. The van der Waals surface area contributed by atoms with Crippen molar-refractivity contribution in [2.45, 2.75) is 4.90 Å². The molecule has 0 aromatic heterocycles. The van der Waals surface area contributed by atoms with Gasteiger partial charge in [0.15, 0.2) is 21.4 Å². The number of para-hydroxylation sites is 1. The molecule has 2 rings (SSSR count). The lowest BCUT2D eigenvalue weighted by Crippen LogP contribution is -2.13. The Morgan fingerprint density at radius 2 is 1.88 bits per heavy atom. The van der Waals surface area contributed by atoms with Crippen LogP contribution in [-0.2, 0) is 14.6 Å². The minimum Gasteiger partial charge on any atom is -0.487 e. The molecule has 0 amide bonds. The number of benzene rings is 2. The summed E-state index contributed by atoms with van der Waals surface area (Å²) in [6.07, 6.45) is 1.02. The maximum atomic E-state index is 13.3. The Hall–Kier alpha value is -2.12. The summed E-state index contributed by atoms with van der Waals surface area (Å²) < 4.78 is 46.5. The number of rotatable bonds is 6. The van der Waals surface area contributed by atoms with E-state index in [0.717, 1.165) is 12.3 Å². The van der Waals surface area contributed by atoms with E-state index in [1.165, 1.54) is 30.3 Å². The van der Waals surface area contributed by atoms with Gasteiger partial charge < -0.3 is 9.47 Å². The molecule has 2 aromatic carbocycles. The molecule has 0 unspecified atom stereocenters. The van der Waals surface area contributed by atoms with E-state index in [1.54, 1.807) is 6.07 Å². The smallest absolute Gasteiger partial charge is 0.339 e. The highest BCUT2D eigenvalue weighted by molar-refractivity contribution is 7.90. The van der Waals surface area contributed by atoms with Crippen LogP contribution in [0.25, 0.3) is 0 Å². The molecule has 0 spiro atoms. The number of halogens is 2. The normalized spacial score (nSPS) is 11.1. The largest absolute Gasteiger partial charge is 0.487 e. The Bertz CT molecular complexity index is 851. The molecule has 0 saturated carbocycles. The Kier molecular flexibility index (Phi) is 5.80. The standard InChI is InChI=1S/C16H14ClFO5S/c1-24(20,21)11-6-7-13(17)12(10-11)16(19)23-9-8-22-15-5-3-2-4-14(15)18/h2-7,10H,8-9H2,1H3. The summed E-state index contributed by atoms with van der Waals surface area (Å²) in [5.41, 5.74) is -0.0644. The van der Waals surface area contributed by atoms with Gasteiger partial charge in [-0.1, -0.05) is 23.7 Å². The average molecular weight is 373 g/mol. The Balaban J connectivity index is 1.97. The molecule has 8 heteroatoms. The second-order valence-corrected chi connectivity index (χ2v) is 7.25. The van der Waals surface area contributed by atoms with E-state index < -0.39 is 21.6 Å². The molecule has 0 heterocycles. The van der Waals surface area contributed by atoms with Crippen molar-refractivity contribution in [1.82, 2.24) is 0 Å². The van der Waals surface area contributed by atoms with E-state index >= 15 is 0 Å². The third-order valence-corrected chi connectivity index (χ3v) is 4.44. The van der Waals surface area contributed by atoms with Crippen LogP contribution in [0.4, 0.5) is 4.39 Å². The van der Waals surface area contributed by atoms with Gasteiger partial charge in [-0.2, -0.15) is 0 Å². The Labute approximate surface area is 143 Å². The highest BCUT2D eigenvalue weighted by Crippen LogP contribution is 2.21. The van der Waals surface area contributed by atoms with Gasteiger partial charge in [0.25, 0.3) is 0 Å². The SMILES string of the molecule is CS(=O)(=O)c1ccc(Cl)c(C(=O)OCCOc2ccccc2F)c1. The topological polar surface area (TPSA) is 69.7 Å². The lowest BCUT2D eigenvalue weighted by atomic mass is 10.2. The number of hydrogen-bond acceptors (Lipinski definition) is 5. The molecule has 0 N–H and O–H groups in total. The van der Waals surface area contributed by atoms with E-state index in [-0.39, 0.29) is 34.4 Å². The molecule has 0 aliphatic rings. The zero-order valence-electron chi connectivity index (χ0n) is 12.7. The van der Waals surface area contributed by atoms with Crippen molar-refractivity contribution >= 4 is 27.4 Å². The summed E-state index contributed by atoms with van der Waals surface area (Å²) in [4.78, 5) is 12.0. The molecule has 0 aliphatic heterocycles. The minimum atomic E-state index is -3.47. The summed E-state index contributed by atoms with van der Waals surface area (Å²) in [5.74, 6) is -1.26. The van der Waals surface area contributed by atoms with Crippen LogP contribution in [0.5, 0.6) is 5.75 Å². The van der Waals surface area contributed by atoms with E-state index in [0.29, 0.717) is 0 Å². The number of hydrogen-bond donors (Lipinski definition) is 0. The van der Waals surface area contributed by atoms with E-state index in [1.807, 2.05) is 0 Å². The molecule has 128 valence electrons. The lowest BCUT2D eigenvalue weighted by Gasteiger charge is -2.09. The first-order chi connectivity index (χ1) is 11.3. The first-order valence-electron chi connectivity index (χ1n) is 6.83. The zero-order valence-corrected chi connectivity index (χ0v) is 14.2. The summed E-state index contributed by atoms with van der Waals surface area (Å²) >= 11 is 5.89. The second kappa shape index (κ2) is 7.63. The van der Waals surface area contributed by atoms with Gasteiger partial charge in [0.05, 0.1) is 15.5 Å². The van der Waals surface area contributed by atoms with Gasteiger partial charge in [-0.05, 0) is 30.3 Å². The molecule has 2 aromatic rings. The van der Waals surface area contributed by atoms with Crippen molar-refractivity contribution in [3.63, 3.8) is 0 Å².